The van der Waals surface area contributed by atoms with Crippen molar-refractivity contribution in [1.82, 2.24) is 0 Å². The highest BCUT2D eigenvalue weighted by atomic mass is 79.9. The van der Waals surface area contributed by atoms with Crippen LogP contribution in [0.1, 0.15) is 11.3 Å². The molecule has 0 atom stereocenters. The van der Waals surface area contributed by atoms with Crippen LogP contribution < -0.4 is 0 Å². The second-order valence-electron chi connectivity index (χ2n) is 1.70. The van der Waals surface area contributed by atoms with Gasteiger partial charge in [0.2, 0.25) is 0 Å². The van der Waals surface area contributed by atoms with Crippen molar-refractivity contribution in [2.24, 2.45) is 0 Å². The molecule has 0 radical (unpaired) electrons. The molecule has 1 heterocycles. The van der Waals surface area contributed by atoms with Gasteiger partial charge in [0.1, 0.15) is 5.76 Å². The van der Waals surface area contributed by atoms with Gasteiger partial charge in [-0.3, -0.25) is 0 Å². The second kappa shape index (κ2) is 2.35. The Bertz CT molecular complexity index is 169. The number of aryl methyl sites for hydroxylation is 1. The highest BCUT2D eigenvalue weighted by molar-refractivity contribution is 9.08. The molecule has 2 heteroatoms. The van der Waals surface area contributed by atoms with Gasteiger partial charge in [-0.2, -0.15) is 0 Å². The third kappa shape index (κ3) is 1.13. The lowest BCUT2D eigenvalue weighted by molar-refractivity contribution is 0.532. The maximum atomic E-state index is 5.03. The van der Waals surface area contributed by atoms with Crippen molar-refractivity contribution in [2.75, 3.05) is 0 Å². The molecule has 0 unspecified atom stereocenters. The summed E-state index contributed by atoms with van der Waals surface area (Å²) in [4.78, 5) is 0. The number of alkyl halides is 1. The zero-order valence-corrected chi connectivity index (χ0v) is 6.23. The molecule has 0 aliphatic carbocycles. The minimum atomic E-state index is 0.879. The van der Waals surface area contributed by atoms with E-state index in [0.717, 1.165) is 11.1 Å². The predicted molar refractivity (Wildman–Crippen MR) is 36.1 cm³/mol. The van der Waals surface area contributed by atoms with E-state index in [4.69, 9.17) is 4.42 Å². The lowest BCUT2D eigenvalue weighted by atomic mass is 10.4. The molecule has 1 aromatic heterocycles. The lowest BCUT2D eigenvalue weighted by Gasteiger charge is -1.75. The number of furan rings is 1. The Morgan fingerprint density at radius 1 is 1.75 bits per heavy atom. The van der Waals surface area contributed by atoms with Crippen LogP contribution in [-0.4, -0.2) is 0 Å². The summed E-state index contributed by atoms with van der Waals surface area (Å²) in [7, 11) is 0. The summed E-state index contributed by atoms with van der Waals surface area (Å²) in [6.45, 7) is 1.94. The number of hydrogen-bond acceptors (Lipinski definition) is 1. The molecule has 1 nitrogen and oxygen atoms in total. The first-order valence-corrected chi connectivity index (χ1v) is 3.55. The van der Waals surface area contributed by atoms with Gasteiger partial charge in [-0.05, 0) is 13.0 Å². The van der Waals surface area contributed by atoms with E-state index in [1.165, 1.54) is 5.56 Å². The first-order valence-electron chi connectivity index (χ1n) is 2.43. The monoisotopic (exact) mass is 174 g/mol. The number of hydrogen-bond donors (Lipinski definition) is 0. The van der Waals surface area contributed by atoms with Crippen LogP contribution in [0.5, 0.6) is 0 Å². The van der Waals surface area contributed by atoms with Crippen molar-refractivity contribution in [1.29, 1.82) is 0 Å². The minimum absolute atomic E-state index is 0.879. The summed E-state index contributed by atoms with van der Waals surface area (Å²) in [5.41, 5.74) is 1.20. The van der Waals surface area contributed by atoms with E-state index in [-0.39, 0.29) is 0 Å². The molecular weight excluding hydrogens is 168 g/mol. The van der Waals surface area contributed by atoms with Gasteiger partial charge in [0.05, 0.1) is 6.26 Å². The Kier molecular flexibility index (Phi) is 1.73. The summed E-state index contributed by atoms with van der Waals surface area (Å²) < 4.78 is 5.03. The molecule has 0 bridgehead atoms. The van der Waals surface area contributed by atoms with Crippen LogP contribution in [0.2, 0.25) is 0 Å². The molecular formula is C6H7BrO. The molecule has 8 heavy (non-hydrogen) atoms. The smallest absolute Gasteiger partial charge is 0.100 e. The van der Waals surface area contributed by atoms with Gasteiger partial charge in [-0.1, -0.05) is 15.9 Å². The summed E-state index contributed by atoms with van der Waals surface area (Å²) in [6.07, 6.45) is 1.75. The van der Waals surface area contributed by atoms with Crippen LogP contribution in [0.25, 0.3) is 0 Å². The Hall–Kier alpha value is -0.240. The maximum absolute atomic E-state index is 5.03. The largest absolute Gasteiger partial charge is 0.469 e. The normalized spacial score (nSPS) is 9.75. The third-order valence-electron chi connectivity index (χ3n) is 0.939. The fourth-order valence-corrected chi connectivity index (χ4v) is 0.862. The molecule has 0 amide bonds. The first-order chi connectivity index (χ1) is 3.83. The van der Waals surface area contributed by atoms with E-state index in [1.807, 2.05) is 13.0 Å². The van der Waals surface area contributed by atoms with Gasteiger partial charge in [0.25, 0.3) is 0 Å². The zero-order chi connectivity index (χ0) is 5.98. The molecule has 1 aromatic rings. The van der Waals surface area contributed by atoms with Crippen molar-refractivity contribution in [2.45, 2.75) is 12.3 Å². The summed E-state index contributed by atoms with van der Waals surface area (Å²) in [6, 6.07) is 2.01. The molecule has 44 valence electrons. The van der Waals surface area contributed by atoms with E-state index in [0.29, 0.717) is 0 Å². The SMILES string of the molecule is Cc1cc(CBr)co1. The molecule has 0 N–H and O–H groups in total. The van der Waals surface area contributed by atoms with Crippen molar-refractivity contribution in [3.63, 3.8) is 0 Å². The molecule has 0 fully saturated rings. The third-order valence-corrected chi connectivity index (χ3v) is 1.59. The lowest BCUT2D eigenvalue weighted by Crippen LogP contribution is -1.63. The van der Waals surface area contributed by atoms with Crippen molar-refractivity contribution in [3.05, 3.63) is 23.7 Å². The van der Waals surface area contributed by atoms with E-state index in [1.54, 1.807) is 6.26 Å². The van der Waals surface area contributed by atoms with Gasteiger partial charge in [0, 0.05) is 10.9 Å². The summed E-state index contributed by atoms with van der Waals surface area (Å²) in [5, 5.41) is 0.879. The highest BCUT2D eigenvalue weighted by Crippen LogP contribution is 2.08. The van der Waals surface area contributed by atoms with Crippen LogP contribution in [0.15, 0.2) is 16.7 Å². The molecule has 0 aromatic carbocycles. The van der Waals surface area contributed by atoms with Crippen molar-refractivity contribution in [3.8, 4) is 0 Å². The average Bonchev–Trinajstić information content (AvgIpc) is 2.14. The topological polar surface area (TPSA) is 13.1 Å². The van der Waals surface area contributed by atoms with Crippen LogP contribution in [0, 0.1) is 6.92 Å². The van der Waals surface area contributed by atoms with E-state index in [2.05, 4.69) is 15.9 Å². The molecule has 0 saturated carbocycles. The fraction of sp³-hybridized carbons (Fsp3) is 0.333. The van der Waals surface area contributed by atoms with Gasteiger partial charge < -0.3 is 4.42 Å². The van der Waals surface area contributed by atoms with Crippen LogP contribution >= 0.6 is 15.9 Å². The predicted octanol–water partition coefficient (Wildman–Crippen LogP) is 2.48. The Balaban J connectivity index is 2.84. The standard InChI is InChI=1S/C6H7BrO/c1-5-2-6(3-7)4-8-5/h2,4H,3H2,1H3. The Morgan fingerprint density at radius 3 is 2.75 bits per heavy atom. The van der Waals surface area contributed by atoms with Gasteiger partial charge in [-0.25, -0.2) is 0 Å². The van der Waals surface area contributed by atoms with Gasteiger partial charge >= 0.3 is 0 Å². The van der Waals surface area contributed by atoms with E-state index in [9.17, 15) is 0 Å². The molecule has 0 saturated heterocycles. The number of rotatable bonds is 1. The van der Waals surface area contributed by atoms with Crippen molar-refractivity contribution < 1.29 is 4.42 Å². The van der Waals surface area contributed by atoms with Gasteiger partial charge in [0.15, 0.2) is 0 Å². The Labute approximate surface area is 56.8 Å². The fourth-order valence-electron chi connectivity index (χ4n) is 0.568. The quantitative estimate of drug-likeness (QED) is 0.597. The zero-order valence-electron chi connectivity index (χ0n) is 4.65. The molecule has 0 spiro atoms. The summed E-state index contributed by atoms with van der Waals surface area (Å²) >= 11 is 3.31. The average molecular weight is 175 g/mol. The van der Waals surface area contributed by atoms with Crippen LogP contribution in [0.4, 0.5) is 0 Å². The second-order valence-corrected chi connectivity index (χ2v) is 2.26. The van der Waals surface area contributed by atoms with Crippen molar-refractivity contribution >= 4 is 15.9 Å². The number of halogens is 1. The Morgan fingerprint density at radius 2 is 2.50 bits per heavy atom. The maximum Gasteiger partial charge on any atom is 0.100 e. The molecule has 1 rings (SSSR count). The summed E-state index contributed by atoms with van der Waals surface area (Å²) in [5.74, 6) is 0.972. The molecule has 0 aliphatic rings. The highest BCUT2D eigenvalue weighted by Gasteiger charge is 1.91. The molecule has 0 aliphatic heterocycles. The van der Waals surface area contributed by atoms with E-state index < -0.39 is 0 Å². The minimum Gasteiger partial charge on any atom is -0.469 e. The van der Waals surface area contributed by atoms with Crippen LogP contribution in [-0.2, 0) is 5.33 Å². The first kappa shape index (κ1) is 5.89. The van der Waals surface area contributed by atoms with Gasteiger partial charge in [-0.15, -0.1) is 0 Å². The van der Waals surface area contributed by atoms with Crippen LogP contribution in [0.3, 0.4) is 0 Å². The van der Waals surface area contributed by atoms with E-state index >= 15 is 0 Å².